The number of carbonyl (C=O) groups excluding carboxylic acids is 4. The van der Waals surface area contributed by atoms with Crippen molar-refractivity contribution in [1.82, 2.24) is 19.6 Å². The summed E-state index contributed by atoms with van der Waals surface area (Å²) in [6.07, 6.45) is 0.0795. The van der Waals surface area contributed by atoms with Gasteiger partial charge in [-0.15, -0.1) is 0 Å². The van der Waals surface area contributed by atoms with Crippen LogP contribution in [0.3, 0.4) is 0 Å². The van der Waals surface area contributed by atoms with Crippen LogP contribution >= 0.6 is 0 Å². The highest BCUT2D eigenvalue weighted by Gasteiger charge is 2.53. The molecule has 0 saturated carbocycles. The molecule has 2 unspecified atom stereocenters. The second-order valence-corrected chi connectivity index (χ2v) is 15.2. The van der Waals surface area contributed by atoms with E-state index in [0.717, 1.165) is 0 Å². The lowest BCUT2D eigenvalue weighted by Crippen LogP contribution is -2.47. The lowest BCUT2D eigenvalue weighted by atomic mass is 9.62. The Labute approximate surface area is 273 Å². The van der Waals surface area contributed by atoms with Gasteiger partial charge in [0.2, 0.25) is 0 Å². The van der Waals surface area contributed by atoms with Gasteiger partial charge in [0.05, 0.1) is 21.7 Å². The minimum absolute atomic E-state index is 0.0234. The van der Waals surface area contributed by atoms with Crippen LogP contribution in [0.2, 0.25) is 0 Å². The maximum absolute atomic E-state index is 13.9. The molecule has 0 fully saturated rings. The molecule has 0 rings (SSSR count). The third-order valence-corrected chi connectivity index (χ3v) is 7.62. The zero-order chi connectivity index (χ0) is 35.2. The summed E-state index contributed by atoms with van der Waals surface area (Å²) in [7, 11) is 15.0. The molecule has 0 N–H and O–H groups in total. The molecule has 12 heteroatoms. The number of carbonyl (C=O) groups is 4. The van der Waals surface area contributed by atoms with E-state index in [2.05, 4.69) is 0 Å². The van der Waals surface area contributed by atoms with Gasteiger partial charge >= 0.3 is 23.9 Å². The van der Waals surface area contributed by atoms with Gasteiger partial charge in [0.15, 0.2) is 0 Å². The normalized spacial score (nSPS) is 15.2. The van der Waals surface area contributed by atoms with E-state index in [0.29, 0.717) is 26.2 Å². The van der Waals surface area contributed by atoms with Gasteiger partial charge in [0.25, 0.3) is 0 Å². The van der Waals surface area contributed by atoms with E-state index in [1.54, 1.807) is 41.5 Å². The summed E-state index contributed by atoms with van der Waals surface area (Å²) in [6.45, 7) is 13.2. The minimum Gasteiger partial charge on any atom is -0.464 e. The summed E-state index contributed by atoms with van der Waals surface area (Å²) in [6, 6.07) is 0. The monoisotopic (exact) mass is 644 g/mol. The molecule has 0 spiro atoms. The zero-order valence-electron chi connectivity index (χ0n) is 30.8. The van der Waals surface area contributed by atoms with Crippen LogP contribution in [0.25, 0.3) is 0 Å². The first-order valence-corrected chi connectivity index (χ1v) is 15.8. The quantitative estimate of drug-likeness (QED) is 0.127. The Bertz CT molecular complexity index is 877. The first kappa shape index (κ1) is 42.7. The fraction of sp³-hybridized carbons (Fsp3) is 0.879. The number of nitrogens with zero attached hydrogens (tertiary/aromatic N) is 4. The maximum atomic E-state index is 13.9. The number of esters is 4. The molecule has 12 nitrogen and oxygen atoms in total. The average Bonchev–Trinajstić information content (AvgIpc) is 2.86. The fourth-order valence-electron chi connectivity index (χ4n) is 5.39. The summed E-state index contributed by atoms with van der Waals surface area (Å²) >= 11 is 0. The molecule has 2 atom stereocenters. The van der Waals surface area contributed by atoms with Crippen molar-refractivity contribution in [3.05, 3.63) is 0 Å². The molecule has 45 heavy (non-hydrogen) atoms. The maximum Gasteiger partial charge on any atom is 0.311 e. The van der Waals surface area contributed by atoms with Crippen LogP contribution in [0.5, 0.6) is 0 Å². The van der Waals surface area contributed by atoms with E-state index >= 15 is 0 Å². The lowest BCUT2D eigenvalue weighted by molar-refractivity contribution is -0.172. The first-order valence-electron chi connectivity index (χ1n) is 15.8. The number of ether oxygens (including phenoxy) is 4. The van der Waals surface area contributed by atoms with E-state index < -0.39 is 45.5 Å². The van der Waals surface area contributed by atoms with Gasteiger partial charge in [-0.25, -0.2) is 0 Å². The first-order chi connectivity index (χ1) is 20.5. The van der Waals surface area contributed by atoms with Crippen LogP contribution in [-0.2, 0) is 38.1 Å². The summed E-state index contributed by atoms with van der Waals surface area (Å²) in [5, 5.41) is 0. The van der Waals surface area contributed by atoms with Crippen molar-refractivity contribution < 1.29 is 38.1 Å². The number of rotatable bonds is 22. The predicted molar refractivity (Wildman–Crippen MR) is 176 cm³/mol. The molecule has 0 aliphatic carbocycles. The molecule has 0 amide bonds. The third kappa shape index (κ3) is 16.2. The highest BCUT2D eigenvalue weighted by Crippen LogP contribution is 2.48. The van der Waals surface area contributed by atoms with Crippen molar-refractivity contribution in [2.75, 3.05) is 109 Å². The van der Waals surface area contributed by atoms with Crippen molar-refractivity contribution in [2.24, 2.45) is 21.7 Å². The predicted octanol–water partition coefficient (Wildman–Crippen LogP) is 2.64. The van der Waals surface area contributed by atoms with Gasteiger partial charge in [-0.2, -0.15) is 0 Å². The SMILES string of the molecule is CN(C)CCOC(=O)C(C)(C)CC(C)(CC(C)(CC(C)(C)C(=O)OCCN(C)C)C(=O)OCCN(C)C)C(=O)OCCN(C)C. The molecule has 0 aromatic heterocycles. The minimum atomic E-state index is -1.31. The summed E-state index contributed by atoms with van der Waals surface area (Å²) < 4.78 is 22.7. The topological polar surface area (TPSA) is 118 Å². The van der Waals surface area contributed by atoms with Crippen LogP contribution in [0, 0.1) is 21.7 Å². The van der Waals surface area contributed by atoms with Crippen molar-refractivity contribution in [1.29, 1.82) is 0 Å². The van der Waals surface area contributed by atoms with Gasteiger partial charge < -0.3 is 38.5 Å². The van der Waals surface area contributed by atoms with Gasteiger partial charge in [0, 0.05) is 26.2 Å². The Balaban J connectivity index is 6.56. The summed E-state index contributed by atoms with van der Waals surface area (Å²) in [5.41, 5.74) is -4.79. The van der Waals surface area contributed by atoms with Gasteiger partial charge in [-0.05, 0) is 117 Å². The standard InChI is InChI=1S/C33H64N4O8/c1-30(2,26(38)42-19-15-34(7)8)23-32(5,28(40)44-21-17-36(11)12)25-33(6,29(41)45-22-18-37(13)14)24-31(3,4)27(39)43-20-16-35(9)10/h15-25H2,1-14H3. The molecule has 0 saturated heterocycles. The Morgan fingerprint density at radius 3 is 0.844 bits per heavy atom. The van der Waals surface area contributed by atoms with E-state index in [-0.39, 0.29) is 45.7 Å². The molecular weight excluding hydrogens is 580 g/mol. The lowest BCUT2D eigenvalue weighted by Gasteiger charge is -2.42. The number of likely N-dealkylation sites (N-methyl/N-ethyl adjacent to an activating group) is 4. The highest BCUT2D eigenvalue weighted by atomic mass is 16.5. The average molecular weight is 645 g/mol. The zero-order valence-corrected chi connectivity index (χ0v) is 30.8. The number of hydrogen-bond donors (Lipinski definition) is 0. The van der Waals surface area contributed by atoms with Gasteiger partial charge in [-0.1, -0.05) is 0 Å². The number of hydrogen-bond acceptors (Lipinski definition) is 12. The van der Waals surface area contributed by atoms with E-state index in [9.17, 15) is 19.2 Å². The van der Waals surface area contributed by atoms with E-state index in [1.807, 2.05) is 76.0 Å². The smallest absolute Gasteiger partial charge is 0.311 e. The third-order valence-electron chi connectivity index (χ3n) is 7.62. The van der Waals surface area contributed by atoms with Crippen LogP contribution in [0.15, 0.2) is 0 Å². The van der Waals surface area contributed by atoms with Crippen molar-refractivity contribution in [3.63, 3.8) is 0 Å². The largest absolute Gasteiger partial charge is 0.464 e. The second kappa shape index (κ2) is 18.8. The molecule has 0 heterocycles. The molecular formula is C33H64N4O8. The van der Waals surface area contributed by atoms with Crippen LogP contribution in [0.4, 0.5) is 0 Å². The van der Waals surface area contributed by atoms with Crippen molar-refractivity contribution in [3.8, 4) is 0 Å². The van der Waals surface area contributed by atoms with Crippen LogP contribution < -0.4 is 0 Å². The summed E-state index contributed by atoms with van der Waals surface area (Å²) in [5.74, 6) is -1.96. The molecule has 0 radical (unpaired) electrons. The van der Waals surface area contributed by atoms with Crippen molar-refractivity contribution in [2.45, 2.75) is 60.8 Å². The second-order valence-electron chi connectivity index (χ2n) is 15.2. The fourth-order valence-corrected chi connectivity index (χ4v) is 5.39. The Kier molecular flexibility index (Phi) is 17.8. The summed E-state index contributed by atoms with van der Waals surface area (Å²) in [4.78, 5) is 61.9. The van der Waals surface area contributed by atoms with E-state index in [4.69, 9.17) is 18.9 Å². The van der Waals surface area contributed by atoms with E-state index in [1.165, 1.54) is 0 Å². The van der Waals surface area contributed by atoms with Gasteiger partial charge in [0.1, 0.15) is 26.4 Å². The Morgan fingerprint density at radius 2 is 0.622 bits per heavy atom. The Hall–Kier alpha value is -2.28. The highest BCUT2D eigenvalue weighted by molar-refractivity contribution is 5.84. The molecule has 0 aliphatic heterocycles. The molecule has 0 aromatic carbocycles. The van der Waals surface area contributed by atoms with Crippen LogP contribution in [0.1, 0.15) is 60.8 Å². The molecule has 264 valence electrons. The van der Waals surface area contributed by atoms with Crippen molar-refractivity contribution >= 4 is 23.9 Å². The van der Waals surface area contributed by atoms with Crippen LogP contribution in [-0.4, -0.2) is 152 Å². The molecule has 0 aliphatic rings. The van der Waals surface area contributed by atoms with Gasteiger partial charge in [-0.3, -0.25) is 19.2 Å². The Morgan fingerprint density at radius 1 is 0.400 bits per heavy atom. The molecule has 0 aromatic rings. The molecule has 0 bridgehead atoms.